The molecule has 22 heavy (non-hydrogen) atoms. The van der Waals surface area contributed by atoms with Gasteiger partial charge in [-0.15, -0.1) is 0 Å². The first-order valence-electron chi connectivity index (χ1n) is 6.38. The summed E-state index contributed by atoms with van der Waals surface area (Å²) in [7, 11) is 0. The summed E-state index contributed by atoms with van der Waals surface area (Å²) in [5, 5.41) is 27.3. The molecule has 0 aliphatic heterocycles. The lowest BCUT2D eigenvalue weighted by atomic mass is 9.99. The van der Waals surface area contributed by atoms with Crippen molar-refractivity contribution in [2.24, 2.45) is 0 Å². The van der Waals surface area contributed by atoms with E-state index >= 15 is 0 Å². The second kappa shape index (κ2) is 6.12. The van der Waals surface area contributed by atoms with Gasteiger partial charge in [-0.05, 0) is 41.4 Å². The Morgan fingerprint density at radius 1 is 1.50 bits per heavy atom. The van der Waals surface area contributed by atoms with Crippen LogP contribution in [0, 0.1) is 10.1 Å². The lowest BCUT2D eigenvalue weighted by Crippen LogP contribution is -2.38. The Hall–Kier alpha value is -2.45. The molecule has 4 N–H and O–H groups in total. The molecular formula is C14H15N3O4S. The van der Waals surface area contributed by atoms with Crippen molar-refractivity contribution < 1.29 is 14.8 Å². The van der Waals surface area contributed by atoms with Crippen LogP contribution >= 0.6 is 11.3 Å². The van der Waals surface area contributed by atoms with Crippen molar-refractivity contribution in [2.45, 2.75) is 12.5 Å². The van der Waals surface area contributed by atoms with Crippen LogP contribution in [0.15, 0.2) is 35.0 Å². The number of thiophene rings is 1. The summed E-state index contributed by atoms with van der Waals surface area (Å²) in [6, 6.07) is 5.59. The number of nitrogens with zero attached hydrogens (tertiary/aromatic N) is 1. The van der Waals surface area contributed by atoms with Gasteiger partial charge in [-0.1, -0.05) is 0 Å². The van der Waals surface area contributed by atoms with Gasteiger partial charge in [-0.25, -0.2) is 0 Å². The minimum Gasteiger partial charge on any atom is -0.393 e. The highest BCUT2D eigenvalue weighted by Gasteiger charge is 2.25. The average Bonchev–Trinajstić information content (AvgIpc) is 3.00. The smallest absolute Gasteiger partial charge is 0.292 e. The number of nitrogens with two attached hydrogens (primary N) is 1. The van der Waals surface area contributed by atoms with Gasteiger partial charge in [-0.2, -0.15) is 11.3 Å². The predicted molar refractivity (Wildman–Crippen MR) is 83.7 cm³/mol. The molecule has 2 aromatic rings. The zero-order valence-corrected chi connectivity index (χ0v) is 12.6. The molecular weight excluding hydrogens is 306 g/mol. The number of nitrogens with one attached hydrogen (secondary N) is 1. The minimum atomic E-state index is -1.21. The Bertz CT molecular complexity index is 698. The molecule has 0 aliphatic rings. The molecule has 1 unspecified atom stereocenters. The third kappa shape index (κ3) is 3.41. The molecule has 2 rings (SSSR count). The number of nitrogen functional groups attached to an aromatic ring is 1. The molecule has 8 heteroatoms. The van der Waals surface area contributed by atoms with Gasteiger partial charge < -0.3 is 16.2 Å². The Kier molecular flexibility index (Phi) is 4.43. The normalized spacial score (nSPS) is 13.4. The Labute approximate surface area is 130 Å². The second-order valence-corrected chi connectivity index (χ2v) is 5.78. The average molecular weight is 321 g/mol. The highest BCUT2D eigenvalue weighted by atomic mass is 32.1. The number of hydrogen-bond donors (Lipinski definition) is 3. The van der Waals surface area contributed by atoms with E-state index in [4.69, 9.17) is 5.73 Å². The number of anilines is 1. The van der Waals surface area contributed by atoms with Crippen molar-refractivity contribution in [3.05, 3.63) is 56.3 Å². The number of hydrogen-bond acceptors (Lipinski definition) is 6. The Morgan fingerprint density at radius 2 is 2.23 bits per heavy atom. The minimum absolute atomic E-state index is 0.00757. The number of rotatable bonds is 5. The van der Waals surface area contributed by atoms with Gasteiger partial charge in [0.05, 0.1) is 11.5 Å². The van der Waals surface area contributed by atoms with Gasteiger partial charge in [0.1, 0.15) is 11.3 Å². The fourth-order valence-electron chi connectivity index (χ4n) is 1.87. The highest BCUT2D eigenvalue weighted by Crippen LogP contribution is 2.24. The molecule has 1 heterocycles. The monoisotopic (exact) mass is 321 g/mol. The molecule has 0 saturated carbocycles. The van der Waals surface area contributed by atoms with Crippen LogP contribution in [0.3, 0.4) is 0 Å². The molecule has 0 saturated heterocycles. The first kappa shape index (κ1) is 15.9. The molecule has 0 bridgehead atoms. The number of aliphatic hydroxyl groups is 1. The van der Waals surface area contributed by atoms with E-state index in [0.717, 1.165) is 6.07 Å². The van der Waals surface area contributed by atoms with Gasteiger partial charge in [0.25, 0.3) is 11.6 Å². The summed E-state index contributed by atoms with van der Waals surface area (Å²) >= 11 is 1.44. The van der Waals surface area contributed by atoms with Crippen LogP contribution < -0.4 is 11.1 Å². The van der Waals surface area contributed by atoms with Crippen molar-refractivity contribution in [1.29, 1.82) is 0 Å². The maximum Gasteiger partial charge on any atom is 0.292 e. The van der Waals surface area contributed by atoms with Crippen LogP contribution in [-0.2, 0) is 5.60 Å². The number of carbonyl (C=O) groups excluding carboxylic acids is 1. The number of nitro groups is 1. The predicted octanol–water partition coefficient (Wildman–Crippen LogP) is 1.88. The molecule has 1 aromatic carbocycles. The number of benzene rings is 1. The van der Waals surface area contributed by atoms with E-state index in [9.17, 15) is 20.0 Å². The van der Waals surface area contributed by atoms with Gasteiger partial charge in [-0.3, -0.25) is 14.9 Å². The Morgan fingerprint density at radius 3 is 2.82 bits per heavy atom. The zero-order valence-electron chi connectivity index (χ0n) is 11.8. The van der Waals surface area contributed by atoms with Crippen molar-refractivity contribution >= 4 is 28.6 Å². The first-order chi connectivity index (χ1) is 10.3. The second-order valence-electron chi connectivity index (χ2n) is 5.00. The molecule has 0 fully saturated rings. The highest BCUT2D eigenvalue weighted by molar-refractivity contribution is 7.08. The maximum absolute atomic E-state index is 12.1. The van der Waals surface area contributed by atoms with Crippen molar-refractivity contribution in [1.82, 2.24) is 5.32 Å². The summed E-state index contributed by atoms with van der Waals surface area (Å²) in [6.45, 7) is 1.57. The van der Waals surface area contributed by atoms with E-state index in [-0.39, 0.29) is 23.5 Å². The lowest BCUT2D eigenvalue weighted by Gasteiger charge is -2.22. The molecule has 116 valence electrons. The largest absolute Gasteiger partial charge is 0.393 e. The first-order valence-corrected chi connectivity index (χ1v) is 7.33. The van der Waals surface area contributed by atoms with E-state index in [0.29, 0.717) is 5.56 Å². The molecule has 0 spiro atoms. The third-order valence-corrected chi connectivity index (χ3v) is 3.91. The van der Waals surface area contributed by atoms with Gasteiger partial charge in [0.2, 0.25) is 0 Å². The standard InChI is InChI=1S/C14H15N3O4S/c1-14(19,10-4-5-22-7-10)8-16-13(18)9-2-3-11(15)12(6-9)17(20)21/h2-7,19H,8,15H2,1H3,(H,16,18). The van der Waals surface area contributed by atoms with E-state index in [1.807, 2.05) is 5.38 Å². The van der Waals surface area contributed by atoms with E-state index in [1.54, 1.807) is 18.4 Å². The van der Waals surface area contributed by atoms with Crippen molar-refractivity contribution in [3.63, 3.8) is 0 Å². The van der Waals surface area contributed by atoms with E-state index in [1.165, 1.54) is 23.5 Å². The third-order valence-electron chi connectivity index (χ3n) is 3.23. The number of nitro benzene ring substituents is 1. The molecule has 1 amide bonds. The quantitative estimate of drug-likeness (QED) is 0.441. The van der Waals surface area contributed by atoms with Crippen LogP contribution in [0.1, 0.15) is 22.8 Å². The maximum atomic E-state index is 12.1. The van der Waals surface area contributed by atoms with Crippen LogP contribution in [0.4, 0.5) is 11.4 Å². The van der Waals surface area contributed by atoms with Crippen molar-refractivity contribution in [2.75, 3.05) is 12.3 Å². The fraction of sp³-hybridized carbons (Fsp3) is 0.214. The molecule has 0 aliphatic carbocycles. The summed E-state index contributed by atoms with van der Waals surface area (Å²) in [6.07, 6.45) is 0. The van der Waals surface area contributed by atoms with Crippen molar-refractivity contribution in [3.8, 4) is 0 Å². The Balaban J connectivity index is 2.10. The molecule has 7 nitrogen and oxygen atoms in total. The van der Waals surface area contributed by atoms with Crippen LogP contribution in [0.2, 0.25) is 0 Å². The van der Waals surface area contributed by atoms with E-state index < -0.39 is 16.4 Å². The fourth-order valence-corrected chi connectivity index (χ4v) is 2.65. The zero-order chi connectivity index (χ0) is 16.3. The SMILES string of the molecule is CC(O)(CNC(=O)c1ccc(N)c([N+](=O)[O-])c1)c1ccsc1. The van der Waals surface area contributed by atoms with Crippen LogP contribution in [0.25, 0.3) is 0 Å². The molecule has 1 aromatic heterocycles. The summed E-state index contributed by atoms with van der Waals surface area (Å²) in [5.74, 6) is -0.515. The lowest BCUT2D eigenvalue weighted by molar-refractivity contribution is -0.383. The van der Waals surface area contributed by atoms with Gasteiger partial charge in [0.15, 0.2) is 0 Å². The molecule has 0 radical (unpaired) electrons. The molecule has 1 atom stereocenters. The summed E-state index contributed by atoms with van der Waals surface area (Å²) in [4.78, 5) is 22.2. The number of amides is 1. The summed E-state index contributed by atoms with van der Waals surface area (Å²) in [5.41, 5.74) is 4.75. The summed E-state index contributed by atoms with van der Waals surface area (Å²) < 4.78 is 0. The number of carbonyl (C=O) groups is 1. The van der Waals surface area contributed by atoms with Crippen LogP contribution in [0.5, 0.6) is 0 Å². The van der Waals surface area contributed by atoms with Crippen LogP contribution in [-0.4, -0.2) is 22.5 Å². The van der Waals surface area contributed by atoms with Gasteiger partial charge in [0, 0.05) is 11.6 Å². The van der Waals surface area contributed by atoms with E-state index in [2.05, 4.69) is 5.32 Å². The van der Waals surface area contributed by atoms with Gasteiger partial charge >= 0.3 is 0 Å². The topological polar surface area (TPSA) is 118 Å².